The molecule has 0 radical (unpaired) electrons. The van der Waals surface area contributed by atoms with E-state index in [1.807, 2.05) is 24.3 Å². The summed E-state index contributed by atoms with van der Waals surface area (Å²) in [4.78, 5) is 11.0. The molecule has 110 valence electrons. The number of benzene rings is 2. The topological polar surface area (TPSA) is 41.1 Å². The molecule has 1 amide bonds. The van der Waals surface area contributed by atoms with Gasteiger partial charge in [0.15, 0.2) is 0 Å². The highest BCUT2D eigenvalue weighted by Gasteiger charge is 1.98. The van der Waals surface area contributed by atoms with Crippen LogP contribution in [-0.2, 0) is 17.8 Å². The standard InChI is InChI=1S/C18H22N2O/c1-3-4-15-5-9-17(10-6-15)19-13-16-7-11-18(12-8-16)20-14(2)21/h5-12,19H,3-4,13H2,1-2H3,(H,20,21). The third-order valence-electron chi connectivity index (χ3n) is 3.26. The van der Waals surface area contributed by atoms with Crippen molar-refractivity contribution in [3.05, 3.63) is 59.7 Å². The maximum Gasteiger partial charge on any atom is 0.221 e. The second kappa shape index (κ2) is 7.48. The molecule has 0 fully saturated rings. The van der Waals surface area contributed by atoms with Gasteiger partial charge >= 0.3 is 0 Å². The summed E-state index contributed by atoms with van der Waals surface area (Å²) in [6.45, 7) is 4.47. The Labute approximate surface area is 126 Å². The summed E-state index contributed by atoms with van der Waals surface area (Å²) < 4.78 is 0. The largest absolute Gasteiger partial charge is 0.381 e. The van der Waals surface area contributed by atoms with Crippen molar-refractivity contribution in [1.29, 1.82) is 0 Å². The van der Waals surface area contributed by atoms with Crippen LogP contribution in [0.2, 0.25) is 0 Å². The number of rotatable bonds is 6. The predicted octanol–water partition coefficient (Wildman–Crippen LogP) is 4.21. The Morgan fingerprint density at radius 1 is 0.905 bits per heavy atom. The number of amides is 1. The average molecular weight is 282 g/mol. The third-order valence-corrected chi connectivity index (χ3v) is 3.26. The van der Waals surface area contributed by atoms with E-state index >= 15 is 0 Å². The van der Waals surface area contributed by atoms with Crippen LogP contribution in [0.5, 0.6) is 0 Å². The van der Waals surface area contributed by atoms with Gasteiger partial charge in [-0.25, -0.2) is 0 Å². The molecule has 2 aromatic carbocycles. The first kappa shape index (κ1) is 15.1. The first-order chi connectivity index (χ1) is 10.2. The van der Waals surface area contributed by atoms with Crippen molar-refractivity contribution in [3.63, 3.8) is 0 Å². The van der Waals surface area contributed by atoms with Gasteiger partial charge in [0.05, 0.1) is 0 Å². The molecular formula is C18H22N2O. The van der Waals surface area contributed by atoms with Gasteiger partial charge in [0.2, 0.25) is 5.91 Å². The zero-order valence-electron chi connectivity index (χ0n) is 12.6. The van der Waals surface area contributed by atoms with Gasteiger partial charge in [0, 0.05) is 24.8 Å². The summed E-state index contributed by atoms with van der Waals surface area (Å²) in [5.74, 6) is -0.0481. The highest BCUT2D eigenvalue weighted by atomic mass is 16.1. The van der Waals surface area contributed by atoms with E-state index < -0.39 is 0 Å². The number of aryl methyl sites for hydroxylation is 1. The first-order valence-electron chi connectivity index (χ1n) is 7.36. The van der Waals surface area contributed by atoms with Crippen molar-refractivity contribution < 1.29 is 4.79 Å². The van der Waals surface area contributed by atoms with E-state index in [1.54, 1.807) is 0 Å². The Kier molecular flexibility index (Phi) is 5.38. The normalized spacial score (nSPS) is 10.2. The van der Waals surface area contributed by atoms with Gasteiger partial charge in [-0.05, 0) is 41.8 Å². The highest BCUT2D eigenvalue weighted by Crippen LogP contribution is 2.14. The molecule has 0 aliphatic carbocycles. The first-order valence-corrected chi connectivity index (χ1v) is 7.36. The van der Waals surface area contributed by atoms with Crippen LogP contribution in [0.3, 0.4) is 0 Å². The summed E-state index contributed by atoms with van der Waals surface area (Å²) in [5, 5.41) is 6.17. The van der Waals surface area contributed by atoms with Crippen LogP contribution in [0, 0.1) is 0 Å². The van der Waals surface area contributed by atoms with Gasteiger partial charge in [-0.1, -0.05) is 37.6 Å². The minimum Gasteiger partial charge on any atom is -0.381 e. The summed E-state index contributed by atoms with van der Waals surface area (Å²) in [7, 11) is 0. The van der Waals surface area contributed by atoms with Crippen LogP contribution in [-0.4, -0.2) is 5.91 Å². The SMILES string of the molecule is CCCc1ccc(NCc2ccc(NC(C)=O)cc2)cc1. The van der Waals surface area contributed by atoms with Crippen LogP contribution in [0.15, 0.2) is 48.5 Å². The number of hydrogen-bond donors (Lipinski definition) is 2. The number of nitrogens with one attached hydrogen (secondary N) is 2. The van der Waals surface area contributed by atoms with Gasteiger partial charge in [0.1, 0.15) is 0 Å². The molecule has 2 N–H and O–H groups in total. The second-order valence-corrected chi connectivity index (χ2v) is 5.18. The molecule has 0 heterocycles. The maximum atomic E-state index is 11.0. The van der Waals surface area contributed by atoms with E-state index in [4.69, 9.17) is 0 Å². The van der Waals surface area contributed by atoms with Crippen LogP contribution >= 0.6 is 0 Å². The molecule has 0 aromatic heterocycles. The monoisotopic (exact) mass is 282 g/mol. The average Bonchev–Trinajstić information content (AvgIpc) is 2.48. The molecule has 0 unspecified atom stereocenters. The Morgan fingerprint density at radius 3 is 2.05 bits per heavy atom. The number of carbonyl (C=O) groups is 1. The van der Waals surface area contributed by atoms with Gasteiger partial charge < -0.3 is 10.6 Å². The number of anilines is 2. The van der Waals surface area contributed by atoms with Gasteiger partial charge in [0.25, 0.3) is 0 Å². The third kappa shape index (κ3) is 4.95. The molecule has 0 saturated carbocycles. The fourth-order valence-electron chi connectivity index (χ4n) is 2.19. The van der Waals surface area contributed by atoms with Gasteiger partial charge in [-0.2, -0.15) is 0 Å². The van der Waals surface area contributed by atoms with E-state index in [-0.39, 0.29) is 5.91 Å². The van der Waals surface area contributed by atoms with Crippen molar-refractivity contribution >= 4 is 17.3 Å². The smallest absolute Gasteiger partial charge is 0.221 e. The van der Waals surface area contributed by atoms with Crippen molar-refractivity contribution in [1.82, 2.24) is 0 Å². The van der Waals surface area contributed by atoms with E-state index in [0.717, 1.165) is 24.3 Å². The van der Waals surface area contributed by atoms with Crippen LogP contribution in [0.25, 0.3) is 0 Å². The van der Waals surface area contributed by atoms with Crippen LogP contribution < -0.4 is 10.6 Å². The summed E-state index contributed by atoms with van der Waals surface area (Å²) in [6.07, 6.45) is 2.30. The molecule has 0 saturated heterocycles. The Balaban J connectivity index is 1.88. The van der Waals surface area contributed by atoms with Gasteiger partial charge in [-0.15, -0.1) is 0 Å². The van der Waals surface area contributed by atoms with E-state index in [2.05, 4.69) is 41.8 Å². The minimum absolute atomic E-state index is 0.0481. The molecule has 3 heteroatoms. The molecular weight excluding hydrogens is 260 g/mol. The molecule has 0 aliphatic heterocycles. The molecule has 21 heavy (non-hydrogen) atoms. The summed E-state index contributed by atoms with van der Waals surface area (Å²) in [6, 6.07) is 16.5. The molecule has 3 nitrogen and oxygen atoms in total. The Hall–Kier alpha value is -2.29. The lowest BCUT2D eigenvalue weighted by Gasteiger charge is -2.08. The lowest BCUT2D eigenvalue weighted by atomic mass is 10.1. The summed E-state index contributed by atoms with van der Waals surface area (Å²) >= 11 is 0. The Morgan fingerprint density at radius 2 is 1.48 bits per heavy atom. The number of hydrogen-bond acceptors (Lipinski definition) is 2. The summed E-state index contributed by atoms with van der Waals surface area (Å²) in [5.41, 5.74) is 4.51. The van der Waals surface area contributed by atoms with E-state index in [9.17, 15) is 4.79 Å². The minimum atomic E-state index is -0.0481. The lowest BCUT2D eigenvalue weighted by Crippen LogP contribution is -2.06. The van der Waals surface area contributed by atoms with Crippen LogP contribution in [0.1, 0.15) is 31.4 Å². The molecule has 0 bridgehead atoms. The van der Waals surface area contributed by atoms with Crippen molar-refractivity contribution in [2.24, 2.45) is 0 Å². The molecule has 0 atom stereocenters. The fourth-order valence-corrected chi connectivity index (χ4v) is 2.19. The zero-order valence-corrected chi connectivity index (χ0v) is 12.6. The maximum absolute atomic E-state index is 11.0. The second-order valence-electron chi connectivity index (χ2n) is 5.18. The van der Waals surface area contributed by atoms with E-state index in [1.165, 1.54) is 24.5 Å². The highest BCUT2D eigenvalue weighted by molar-refractivity contribution is 5.88. The lowest BCUT2D eigenvalue weighted by molar-refractivity contribution is -0.114. The van der Waals surface area contributed by atoms with Gasteiger partial charge in [-0.3, -0.25) is 4.79 Å². The van der Waals surface area contributed by atoms with Crippen molar-refractivity contribution in [3.8, 4) is 0 Å². The molecule has 0 spiro atoms. The fraction of sp³-hybridized carbons (Fsp3) is 0.278. The van der Waals surface area contributed by atoms with Crippen molar-refractivity contribution in [2.45, 2.75) is 33.2 Å². The zero-order chi connectivity index (χ0) is 15.1. The quantitative estimate of drug-likeness (QED) is 0.833. The molecule has 2 aromatic rings. The number of carbonyl (C=O) groups excluding carboxylic acids is 1. The predicted molar refractivity (Wildman–Crippen MR) is 88.5 cm³/mol. The van der Waals surface area contributed by atoms with E-state index in [0.29, 0.717) is 0 Å². The molecule has 2 rings (SSSR count). The van der Waals surface area contributed by atoms with Crippen molar-refractivity contribution in [2.75, 3.05) is 10.6 Å². The molecule has 0 aliphatic rings. The van der Waals surface area contributed by atoms with Crippen LogP contribution in [0.4, 0.5) is 11.4 Å². The Bertz CT molecular complexity index is 573.